The Hall–Kier alpha value is -0.390. The molecule has 0 aliphatic rings. The van der Waals surface area contributed by atoms with E-state index in [-0.39, 0.29) is 11.8 Å². The van der Waals surface area contributed by atoms with Gasteiger partial charge >= 0.3 is 0 Å². The van der Waals surface area contributed by atoms with E-state index >= 15 is 0 Å². The molecule has 2 N–H and O–H groups in total. The molecule has 102 valence electrons. The molecule has 5 heteroatoms. The zero-order valence-corrected chi connectivity index (χ0v) is 11.7. The summed E-state index contributed by atoms with van der Waals surface area (Å²) in [5.74, 6) is -0.216. The van der Waals surface area contributed by atoms with Gasteiger partial charge in [-0.2, -0.15) is 8.42 Å². The summed E-state index contributed by atoms with van der Waals surface area (Å²) < 4.78 is 30.6. The lowest BCUT2D eigenvalue weighted by molar-refractivity contribution is 0.450. The first-order valence-corrected chi connectivity index (χ1v) is 7.79. The largest absolute Gasteiger partial charge is 0.309 e. The van der Waals surface area contributed by atoms with Crippen LogP contribution >= 0.6 is 0 Å². The molecule has 0 bridgehead atoms. The average molecular weight is 263 g/mol. The molecular weight excluding hydrogens is 238 g/mol. The van der Waals surface area contributed by atoms with Crippen LogP contribution in [0.15, 0.2) is 12.2 Å². The summed E-state index contributed by atoms with van der Waals surface area (Å²) in [6.45, 7) is 8.37. The van der Waals surface area contributed by atoms with Crippen molar-refractivity contribution in [3.8, 4) is 0 Å². The summed E-state index contributed by atoms with van der Waals surface area (Å²) in [5, 5.41) is 3.11. The van der Waals surface area contributed by atoms with Gasteiger partial charge in [-0.15, -0.1) is 0 Å². The third-order valence-corrected chi connectivity index (χ3v) is 3.33. The van der Waals surface area contributed by atoms with Gasteiger partial charge < -0.3 is 5.32 Å². The molecule has 0 aliphatic heterocycles. The molecule has 0 spiro atoms. The zero-order chi connectivity index (χ0) is 13.3. The lowest BCUT2D eigenvalue weighted by Crippen LogP contribution is -2.36. The van der Waals surface area contributed by atoms with Crippen LogP contribution in [-0.2, 0) is 10.1 Å². The van der Waals surface area contributed by atoms with E-state index in [1.807, 2.05) is 6.92 Å². The van der Waals surface area contributed by atoms with Gasteiger partial charge in [-0.3, -0.25) is 4.55 Å². The van der Waals surface area contributed by atoms with Crippen molar-refractivity contribution in [2.75, 3.05) is 12.3 Å². The first-order valence-electron chi connectivity index (χ1n) is 6.18. The van der Waals surface area contributed by atoms with E-state index in [1.165, 1.54) is 6.42 Å². The molecule has 0 aromatic heterocycles. The highest BCUT2D eigenvalue weighted by molar-refractivity contribution is 7.85. The third kappa shape index (κ3) is 11.9. The van der Waals surface area contributed by atoms with Crippen molar-refractivity contribution >= 4 is 10.1 Å². The van der Waals surface area contributed by atoms with Crippen LogP contribution in [0.25, 0.3) is 0 Å². The highest BCUT2D eigenvalue weighted by atomic mass is 32.2. The molecule has 0 amide bonds. The molecule has 0 saturated carbocycles. The maximum atomic E-state index is 10.9. The van der Waals surface area contributed by atoms with Gasteiger partial charge in [0.25, 0.3) is 10.1 Å². The SMILES string of the molecule is C=C(C)CNC(CCCCCC)CS(=O)(=O)O. The summed E-state index contributed by atoms with van der Waals surface area (Å²) in [7, 11) is -3.91. The molecule has 0 rings (SSSR count). The Kier molecular flexibility index (Phi) is 8.47. The Labute approximate surface area is 105 Å². The van der Waals surface area contributed by atoms with Crippen LogP contribution in [0.4, 0.5) is 0 Å². The molecule has 0 aromatic carbocycles. The lowest BCUT2D eigenvalue weighted by Gasteiger charge is -2.17. The predicted octanol–water partition coefficient (Wildman–Crippen LogP) is 2.38. The van der Waals surface area contributed by atoms with Crippen LogP contribution < -0.4 is 5.32 Å². The van der Waals surface area contributed by atoms with E-state index in [4.69, 9.17) is 4.55 Å². The van der Waals surface area contributed by atoms with Gasteiger partial charge in [0.05, 0.1) is 5.75 Å². The third-order valence-electron chi connectivity index (χ3n) is 2.51. The van der Waals surface area contributed by atoms with E-state index < -0.39 is 10.1 Å². The first kappa shape index (κ1) is 16.6. The van der Waals surface area contributed by atoms with Gasteiger partial charge in [0.1, 0.15) is 0 Å². The molecule has 4 nitrogen and oxygen atoms in total. The molecule has 1 atom stereocenters. The topological polar surface area (TPSA) is 66.4 Å². The molecular formula is C12H25NO3S. The normalized spacial score (nSPS) is 13.6. The Morgan fingerprint density at radius 1 is 1.35 bits per heavy atom. The van der Waals surface area contributed by atoms with Crippen molar-refractivity contribution in [2.24, 2.45) is 0 Å². The Morgan fingerprint density at radius 3 is 2.47 bits per heavy atom. The van der Waals surface area contributed by atoms with E-state index in [0.29, 0.717) is 6.54 Å². The van der Waals surface area contributed by atoms with Crippen LogP contribution in [0.3, 0.4) is 0 Å². The Bertz CT molecular complexity index is 312. The fraction of sp³-hybridized carbons (Fsp3) is 0.833. The summed E-state index contributed by atoms with van der Waals surface area (Å²) in [6, 6.07) is -0.182. The standard InChI is InChI=1S/C12H25NO3S/c1-4-5-6-7-8-12(10-17(14,15)16)13-9-11(2)3/h12-13H,2,4-10H2,1,3H3,(H,14,15,16). The summed E-state index contributed by atoms with van der Waals surface area (Å²) in [4.78, 5) is 0. The van der Waals surface area contributed by atoms with Gasteiger partial charge in [-0.05, 0) is 13.3 Å². The Balaban J connectivity index is 4.06. The van der Waals surface area contributed by atoms with Crippen molar-refractivity contribution in [1.82, 2.24) is 5.32 Å². The minimum Gasteiger partial charge on any atom is -0.309 e. The van der Waals surface area contributed by atoms with Gasteiger partial charge in [-0.1, -0.05) is 44.8 Å². The minimum absolute atomic E-state index is 0.182. The number of hydrogen-bond acceptors (Lipinski definition) is 3. The van der Waals surface area contributed by atoms with Crippen molar-refractivity contribution in [3.05, 3.63) is 12.2 Å². The second-order valence-corrected chi connectivity index (χ2v) is 6.13. The average Bonchev–Trinajstić information content (AvgIpc) is 2.18. The second kappa shape index (κ2) is 8.66. The minimum atomic E-state index is -3.91. The molecule has 0 aliphatic carbocycles. The zero-order valence-electron chi connectivity index (χ0n) is 10.9. The molecule has 0 saturated heterocycles. The fourth-order valence-corrected chi connectivity index (χ4v) is 2.43. The highest BCUT2D eigenvalue weighted by Gasteiger charge is 2.15. The quantitative estimate of drug-likeness (QED) is 0.361. The van der Waals surface area contributed by atoms with E-state index in [0.717, 1.165) is 31.3 Å². The van der Waals surface area contributed by atoms with Crippen molar-refractivity contribution < 1.29 is 13.0 Å². The maximum absolute atomic E-state index is 10.9. The molecule has 0 heterocycles. The van der Waals surface area contributed by atoms with E-state index in [2.05, 4.69) is 18.8 Å². The fourth-order valence-electron chi connectivity index (χ4n) is 1.63. The predicted molar refractivity (Wildman–Crippen MR) is 71.8 cm³/mol. The second-order valence-electron chi connectivity index (χ2n) is 4.63. The number of nitrogens with one attached hydrogen (secondary N) is 1. The first-order chi connectivity index (χ1) is 7.85. The molecule has 0 fully saturated rings. The highest BCUT2D eigenvalue weighted by Crippen LogP contribution is 2.07. The van der Waals surface area contributed by atoms with Crippen LogP contribution in [-0.4, -0.2) is 31.3 Å². The molecule has 1 unspecified atom stereocenters. The van der Waals surface area contributed by atoms with Gasteiger partial charge in [-0.25, -0.2) is 0 Å². The molecule has 17 heavy (non-hydrogen) atoms. The van der Waals surface area contributed by atoms with Gasteiger partial charge in [0.2, 0.25) is 0 Å². The van der Waals surface area contributed by atoms with Crippen LogP contribution in [0.5, 0.6) is 0 Å². The van der Waals surface area contributed by atoms with Gasteiger partial charge in [0, 0.05) is 12.6 Å². The smallest absolute Gasteiger partial charge is 0.266 e. The van der Waals surface area contributed by atoms with Crippen molar-refractivity contribution in [2.45, 2.75) is 52.0 Å². The number of hydrogen-bond donors (Lipinski definition) is 2. The lowest BCUT2D eigenvalue weighted by atomic mass is 10.1. The Morgan fingerprint density at radius 2 is 2.00 bits per heavy atom. The van der Waals surface area contributed by atoms with Gasteiger partial charge in [0.15, 0.2) is 0 Å². The van der Waals surface area contributed by atoms with E-state index in [9.17, 15) is 8.42 Å². The van der Waals surface area contributed by atoms with Crippen LogP contribution in [0.1, 0.15) is 46.0 Å². The summed E-state index contributed by atoms with van der Waals surface area (Å²) in [6.07, 6.45) is 5.18. The van der Waals surface area contributed by atoms with Crippen molar-refractivity contribution in [3.63, 3.8) is 0 Å². The van der Waals surface area contributed by atoms with E-state index in [1.54, 1.807) is 0 Å². The maximum Gasteiger partial charge on any atom is 0.266 e. The molecule has 0 radical (unpaired) electrons. The summed E-state index contributed by atoms with van der Waals surface area (Å²) in [5.41, 5.74) is 0.957. The van der Waals surface area contributed by atoms with Crippen molar-refractivity contribution in [1.29, 1.82) is 0 Å². The number of rotatable bonds is 10. The monoisotopic (exact) mass is 263 g/mol. The van der Waals surface area contributed by atoms with Crippen LogP contribution in [0, 0.1) is 0 Å². The van der Waals surface area contributed by atoms with Crippen LogP contribution in [0.2, 0.25) is 0 Å². The number of unbranched alkanes of at least 4 members (excludes halogenated alkanes) is 3. The summed E-state index contributed by atoms with van der Waals surface area (Å²) >= 11 is 0. The molecule has 0 aromatic rings.